The molecule has 3 aromatic carbocycles. The molecule has 1 amide bonds. The molecule has 0 bridgehead atoms. The molecule has 38 heavy (non-hydrogen) atoms. The Morgan fingerprint density at radius 3 is 2.16 bits per heavy atom. The maximum atomic E-state index is 13.5. The number of anilines is 1. The molecule has 8 heteroatoms. The van der Waals surface area contributed by atoms with E-state index in [9.17, 15) is 24.6 Å². The van der Waals surface area contributed by atoms with Crippen LogP contribution in [0.25, 0.3) is 22.2 Å². The fourth-order valence-corrected chi connectivity index (χ4v) is 5.21. The van der Waals surface area contributed by atoms with E-state index in [2.05, 4.69) is 15.3 Å². The topological polar surface area (TPSA) is 132 Å². The van der Waals surface area contributed by atoms with Crippen molar-refractivity contribution in [3.8, 4) is 11.4 Å². The molecule has 0 atom stereocenters. The summed E-state index contributed by atoms with van der Waals surface area (Å²) in [6, 6.07) is 17.6. The highest BCUT2D eigenvalue weighted by Gasteiger charge is 2.23. The van der Waals surface area contributed by atoms with Gasteiger partial charge >= 0.3 is 11.9 Å². The number of hydrogen-bond donors (Lipinski definition) is 4. The molecule has 0 unspecified atom stereocenters. The second-order valence-corrected chi connectivity index (χ2v) is 9.90. The second kappa shape index (κ2) is 10.9. The normalized spacial score (nSPS) is 14.2. The van der Waals surface area contributed by atoms with E-state index in [0.29, 0.717) is 18.2 Å². The Labute approximate surface area is 219 Å². The van der Waals surface area contributed by atoms with Gasteiger partial charge in [-0.3, -0.25) is 4.79 Å². The van der Waals surface area contributed by atoms with Crippen molar-refractivity contribution in [3.63, 3.8) is 0 Å². The van der Waals surface area contributed by atoms with Crippen LogP contribution in [0.3, 0.4) is 0 Å². The third kappa shape index (κ3) is 5.59. The SMILES string of the molecule is O=C(O)c1cc(NC(=O)c2nc(-c3ccc4ccccc4c3)[nH]c2CC2CCCCCC2)cc(C(=O)O)c1. The molecule has 5 rings (SSSR count). The number of carbonyl (C=O) groups excluding carboxylic acids is 1. The number of nitrogens with one attached hydrogen (secondary N) is 2. The van der Waals surface area contributed by atoms with Gasteiger partial charge in [0.1, 0.15) is 11.5 Å². The van der Waals surface area contributed by atoms with Crippen LogP contribution in [-0.4, -0.2) is 38.0 Å². The first kappa shape index (κ1) is 25.2. The molecule has 194 valence electrons. The summed E-state index contributed by atoms with van der Waals surface area (Å²) in [4.78, 5) is 44.6. The van der Waals surface area contributed by atoms with Crippen LogP contribution >= 0.6 is 0 Å². The third-order valence-corrected chi connectivity index (χ3v) is 7.17. The third-order valence-electron chi connectivity index (χ3n) is 7.17. The summed E-state index contributed by atoms with van der Waals surface area (Å²) >= 11 is 0. The Morgan fingerprint density at radius 2 is 1.50 bits per heavy atom. The van der Waals surface area contributed by atoms with Gasteiger partial charge in [-0.05, 0) is 47.4 Å². The number of carboxylic acids is 2. The van der Waals surface area contributed by atoms with Gasteiger partial charge in [0, 0.05) is 16.9 Å². The molecular weight excluding hydrogens is 482 g/mol. The predicted octanol–water partition coefficient (Wildman–Crippen LogP) is 6.39. The first-order valence-electron chi connectivity index (χ1n) is 12.9. The molecule has 1 aromatic heterocycles. The molecule has 0 aliphatic heterocycles. The van der Waals surface area contributed by atoms with Crippen molar-refractivity contribution in [1.82, 2.24) is 9.97 Å². The molecule has 1 aliphatic rings. The first-order chi connectivity index (χ1) is 18.4. The molecule has 1 fully saturated rings. The molecule has 8 nitrogen and oxygen atoms in total. The van der Waals surface area contributed by atoms with E-state index < -0.39 is 17.8 Å². The quantitative estimate of drug-likeness (QED) is 0.213. The van der Waals surface area contributed by atoms with Crippen LogP contribution in [0.4, 0.5) is 5.69 Å². The molecule has 1 heterocycles. The number of H-pyrrole nitrogens is 1. The number of aromatic carboxylic acids is 2. The molecule has 4 aromatic rings. The highest BCUT2D eigenvalue weighted by molar-refractivity contribution is 6.05. The van der Waals surface area contributed by atoms with Gasteiger partial charge in [0.05, 0.1) is 11.1 Å². The average Bonchev–Trinajstić information content (AvgIpc) is 3.16. The van der Waals surface area contributed by atoms with Crippen LogP contribution in [0, 0.1) is 5.92 Å². The van der Waals surface area contributed by atoms with E-state index in [4.69, 9.17) is 0 Å². The van der Waals surface area contributed by atoms with Crippen LogP contribution in [0.2, 0.25) is 0 Å². The van der Waals surface area contributed by atoms with Crippen molar-refractivity contribution >= 4 is 34.3 Å². The second-order valence-electron chi connectivity index (χ2n) is 9.90. The van der Waals surface area contributed by atoms with Gasteiger partial charge in [0.15, 0.2) is 0 Å². The number of hydrogen-bond acceptors (Lipinski definition) is 4. The van der Waals surface area contributed by atoms with Gasteiger partial charge < -0.3 is 20.5 Å². The summed E-state index contributed by atoms with van der Waals surface area (Å²) < 4.78 is 0. The number of rotatable bonds is 7. The molecule has 0 saturated heterocycles. The number of carbonyl (C=O) groups is 3. The number of carboxylic acid groups (broad SMARTS) is 2. The number of amides is 1. The monoisotopic (exact) mass is 511 g/mol. The lowest BCUT2D eigenvalue weighted by atomic mass is 9.94. The summed E-state index contributed by atoms with van der Waals surface area (Å²) in [6.45, 7) is 0. The number of fused-ring (bicyclic) bond motifs is 1. The number of aromatic nitrogens is 2. The van der Waals surface area contributed by atoms with Crippen molar-refractivity contribution in [2.75, 3.05) is 5.32 Å². The van der Waals surface area contributed by atoms with E-state index in [1.54, 1.807) is 0 Å². The van der Waals surface area contributed by atoms with Crippen LogP contribution in [0.5, 0.6) is 0 Å². The lowest BCUT2D eigenvalue weighted by Gasteiger charge is -2.14. The summed E-state index contributed by atoms with van der Waals surface area (Å²) in [6.07, 6.45) is 7.64. The zero-order chi connectivity index (χ0) is 26.6. The zero-order valence-electron chi connectivity index (χ0n) is 20.9. The predicted molar refractivity (Wildman–Crippen MR) is 145 cm³/mol. The summed E-state index contributed by atoms with van der Waals surface area (Å²) in [5.41, 5.74) is 1.45. The van der Waals surface area contributed by atoms with Crippen molar-refractivity contribution in [3.05, 3.63) is 83.2 Å². The van der Waals surface area contributed by atoms with Crippen molar-refractivity contribution in [2.45, 2.75) is 44.9 Å². The minimum Gasteiger partial charge on any atom is -0.478 e. The fraction of sp³-hybridized carbons (Fsp3) is 0.267. The van der Waals surface area contributed by atoms with Crippen LogP contribution in [0.1, 0.15) is 75.4 Å². The highest BCUT2D eigenvalue weighted by Crippen LogP contribution is 2.29. The van der Waals surface area contributed by atoms with Crippen molar-refractivity contribution in [1.29, 1.82) is 0 Å². The van der Waals surface area contributed by atoms with Crippen LogP contribution < -0.4 is 5.32 Å². The Morgan fingerprint density at radius 1 is 0.842 bits per heavy atom. The van der Waals surface area contributed by atoms with Gasteiger partial charge in [-0.1, -0.05) is 74.9 Å². The highest BCUT2D eigenvalue weighted by atomic mass is 16.4. The fourth-order valence-electron chi connectivity index (χ4n) is 5.21. The van der Waals surface area contributed by atoms with E-state index in [1.807, 2.05) is 42.5 Å². The molecular formula is C30H29N3O5. The molecule has 0 radical (unpaired) electrons. The summed E-state index contributed by atoms with van der Waals surface area (Å²) in [7, 11) is 0. The van der Waals surface area contributed by atoms with Gasteiger partial charge in [-0.2, -0.15) is 0 Å². The van der Waals surface area contributed by atoms with Crippen molar-refractivity contribution < 1.29 is 24.6 Å². The number of imidazole rings is 1. The largest absolute Gasteiger partial charge is 0.478 e. The van der Waals surface area contributed by atoms with E-state index in [-0.39, 0.29) is 22.5 Å². The van der Waals surface area contributed by atoms with Gasteiger partial charge in [-0.15, -0.1) is 0 Å². The lowest BCUT2D eigenvalue weighted by Crippen LogP contribution is -2.17. The van der Waals surface area contributed by atoms with Gasteiger partial charge in [0.2, 0.25) is 0 Å². The van der Waals surface area contributed by atoms with Crippen LogP contribution in [0.15, 0.2) is 60.7 Å². The standard InChI is InChI=1S/C30H29N3O5/c34-28(31-24-16-22(29(35)36)15-23(17-24)30(37)38)26-25(13-18-7-3-1-2-4-8-18)32-27(33-26)21-12-11-19-9-5-6-10-20(19)14-21/h5-6,9-12,14-18H,1-4,7-8,13H2,(H,31,34)(H,32,33)(H,35,36)(H,37,38). The Balaban J connectivity index is 1.51. The number of aromatic amines is 1. The summed E-state index contributed by atoms with van der Waals surface area (Å²) in [5, 5.41) is 23.6. The molecule has 4 N–H and O–H groups in total. The van der Waals surface area contributed by atoms with E-state index in [0.717, 1.165) is 53.8 Å². The first-order valence-corrected chi connectivity index (χ1v) is 12.9. The van der Waals surface area contributed by atoms with Crippen LogP contribution in [-0.2, 0) is 6.42 Å². The van der Waals surface area contributed by atoms with Crippen molar-refractivity contribution in [2.24, 2.45) is 5.92 Å². The molecule has 1 saturated carbocycles. The maximum Gasteiger partial charge on any atom is 0.335 e. The minimum atomic E-state index is -1.28. The summed E-state index contributed by atoms with van der Waals surface area (Å²) in [5.74, 6) is -2.07. The Kier molecular flexibility index (Phi) is 7.22. The average molecular weight is 512 g/mol. The number of nitrogens with zero attached hydrogens (tertiary/aromatic N) is 1. The minimum absolute atomic E-state index is 0.0861. The molecule has 1 aliphatic carbocycles. The Bertz CT molecular complexity index is 1480. The maximum absolute atomic E-state index is 13.5. The van der Waals surface area contributed by atoms with E-state index in [1.165, 1.54) is 25.0 Å². The molecule has 0 spiro atoms. The zero-order valence-corrected chi connectivity index (χ0v) is 20.9. The Hall–Kier alpha value is -4.46. The number of benzene rings is 3. The van der Waals surface area contributed by atoms with Gasteiger partial charge in [-0.25, -0.2) is 14.6 Å². The smallest absolute Gasteiger partial charge is 0.335 e. The lowest BCUT2D eigenvalue weighted by molar-refractivity contribution is 0.0696. The van der Waals surface area contributed by atoms with E-state index >= 15 is 0 Å². The van der Waals surface area contributed by atoms with Gasteiger partial charge in [0.25, 0.3) is 5.91 Å².